The van der Waals surface area contributed by atoms with Crippen LogP contribution in [-0.4, -0.2) is 13.0 Å². The van der Waals surface area contributed by atoms with Gasteiger partial charge in [-0.25, -0.2) is 0 Å². The number of carbonyl (C=O) groups is 1. The van der Waals surface area contributed by atoms with E-state index < -0.39 is 0 Å². The fourth-order valence-corrected chi connectivity index (χ4v) is 1.93. The molecular weight excluding hydrogens is 210 g/mol. The van der Waals surface area contributed by atoms with E-state index in [4.69, 9.17) is 0 Å². The zero-order valence-corrected chi connectivity index (χ0v) is 11.4. The molecule has 2 nitrogen and oxygen atoms in total. The van der Waals surface area contributed by atoms with Crippen LogP contribution < -0.4 is 4.90 Å². The summed E-state index contributed by atoms with van der Waals surface area (Å²) >= 11 is 0. The van der Waals surface area contributed by atoms with Crippen molar-refractivity contribution in [3.05, 3.63) is 36.2 Å². The molecule has 17 heavy (non-hydrogen) atoms. The quantitative estimate of drug-likeness (QED) is 0.778. The molecule has 0 unspecified atom stereocenters. The van der Waals surface area contributed by atoms with Gasteiger partial charge in [0.2, 0.25) is 5.91 Å². The Morgan fingerprint density at radius 2 is 1.71 bits per heavy atom. The van der Waals surface area contributed by atoms with Gasteiger partial charge in [-0.3, -0.25) is 4.79 Å². The SMILES string of the molecule is C[C](CC(C)(C)C)C(=O)N(C)c1ccccc1. The van der Waals surface area contributed by atoms with E-state index in [0.29, 0.717) is 0 Å². The van der Waals surface area contributed by atoms with Gasteiger partial charge in [0.05, 0.1) is 5.92 Å². The van der Waals surface area contributed by atoms with Crippen molar-refractivity contribution in [2.45, 2.75) is 34.1 Å². The Balaban J connectivity index is 2.71. The van der Waals surface area contributed by atoms with Crippen molar-refractivity contribution in [2.75, 3.05) is 11.9 Å². The van der Waals surface area contributed by atoms with Crippen molar-refractivity contribution in [3.8, 4) is 0 Å². The highest BCUT2D eigenvalue weighted by Crippen LogP contribution is 2.27. The molecule has 0 aliphatic rings. The summed E-state index contributed by atoms with van der Waals surface area (Å²) in [5.74, 6) is 1.01. The van der Waals surface area contributed by atoms with Crippen LogP contribution in [-0.2, 0) is 4.79 Å². The number of amides is 1. The van der Waals surface area contributed by atoms with E-state index in [2.05, 4.69) is 20.8 Å². The summed E-state index contributed by atoms with van der Waals surface area (Å²) in [5.41, 5.74) is 1.09. The molecule has 0 spiro atoms. The maximum Gasteiger partial charge on any atom is 0.233 e. The summed E-state index contributed by atoms with van der Waals surface area (Å²) in [7, 11) is 1.82. The van der Waals surface area contributed by atoms with Crippen LogP contribution in [0.25, 0.3) is 0 Å². The van der Waals surface area contributed by atoms with Crippen molar-refractivity contribution in [3.63, 3.8) is 0 Å². The van der Waals surface area contributed by atoms with Crippen molar-refractivity contribution in [2.24, 2.45) is 5.41 Å². The monoisotopic (exact) mass is 232 g/mol. The highest BCUT2D eigenvalue weighted by atomic mass is 16.2. The first-order chi connectivity index (χ1) is 7.81. The van der Waals surface area contributed by atoms with Crippen LogP contribution in [0, 0.1) is 11.3 Å². The van der Waals surface area contributed by atoms with Crippen LogP contribution in [0.15, 0.2) is 30.3 Å². The first kappa shape index (κ1) is 13.8. The molecule has 0 N–H and O–H groups in total. The number of hydrogen-bond donors (Lipinski definition) is 0. The van der Waals surface area contributed by atoms with Crippen LogP contribution in [0.1, 0.15) is 34.1 Å². The number of hydrogen-bond acceptors (Lipinski definition) is 1. The molecule has 93 valence electrons. The van der Waals surface area contributed by atoms with Gasteiger partial charge in [0, 0.05) is 12.7 Å². The maximum atomic E-state index is 12.2. The molecule has 1 radical (unpaired) electrons. The van der Waals surface area contributed by atoms with Crippen LogP contribution in [0.5, 0.6) is 0 Å². The summed E-state index contributed by atoms with van der Waals surface area (Å²) in [6.45, 7) is 8.36. The fraction of sp³-hybridized carbons (Fsp3) is 0.467. The summed E-state index contributed by atoms with van der Waals surface area (Å²) in [5, 5.41) is 0. The average Bonchev–Trinajstić information content (AvgIpc) is 2.26. The van der Waals surface area contributed by atoms with Crippen LogP contribution >= 0.6 is 0 Å². The average molecular weight is 232 g/mol. The molecule has 1 aromatic rings. The van der Waals surface area contributed by atoms with Crippen molar-refractivity contribution in [1.82, 2.24) is 0 Å². The van der Waals surface area contributed by atoms with E-state index in [1.165, 1.54) is 0 Å². The Morgan fingerprint density at radius 3 is 2.18 bits per heavy atom. The normalized spacial score (nSPS) is 11.6. The molecule has 0 fully saturated rings. The van der Waals surface area contributed by atoms with Crippen molar-refractivity contribution >= 4 is 11.6 Å². The minimum atomic E-state index is 0.103. The molecule has 0 atom stereocenters. The molecule has 1 rings (SSSR count). The van der Waals surface area contributed by atoms with E-state index >= 15 is 0 Å². The van der Waals surface area contributed by atoms with E-state index in [1.807, 2.05) is 44.3 Å². The molecule has 2 heteroatoms. The number of nitrogens with zero attached hydrogens (tertiary/aromatic N) is 1. The minimum absolute atomic E-state index is 0.103. The molecule has 0 saturated heterocycles. The largest absolute Gasteiger partial charge is 0.315 e. The molecule has 0 heterocycles. The third-order valence-corrected chi connectivity index (χ3v) is 2.61. The molecule has 0 saturated carbocycles. The predicted molar refractivity (Wildman–Crippen MR) is 72.8 cm³/mol. The lowest BCUT2D eigenvalue weighted by atomic mass is 9.85. The van der Waals surface area contributed by atoms with Crippen LogP contribution in [0.2, 0.25) is 0 Å². The van der Waals surface area contributed by atoms with Crippen molar-refractivity contribution in [1.29, 1.82) is 0 Å². The molecule has 0 aliphatic heterocycles. The highest BCUT2D eigenvalue weighted by molar-refractivity contribution is 6.02. The Morgan fingerprint density at radius 1 is 1.18 bits per heavy atom. The van der Waals surface area contributed by atoms with E-state index in [0.717, 1.165) is 18.0 Å². The lowest BCUT2D eigenvalue weighted by Crippen LogP contribution is -2.32. The molecule has 0 aliphatic carbocycles. The summed E-state index contributed by atoms with van der Waals surface area (Å²) in [6, 6.07) is 9.73. The van der Waals surface area contributed by atoms with E-state index in [9.17, 15) is 4.79 Å². The summed E-state index contributed by atoms with van der Waals surface area (Å²) < 4.78 is 0. The van der Waals surface area contributed by atoms with E-state index in [-0.39, 0.29) is 11.3 Å². The molecular formula is C15H22NO. The van der Waals surface area contributed by atoms with Gasteiger partial charge in [0.15, 0.2) is 0 Å². The van der Waals surface area contributed by atoms with Crippen LogP contribution in [0.3, 0.4) is 0 Å². The summed E-state index contributed by atoms with van der Waals surface area (Å²) in [4.78, 5) is 13.9. The third kappa shape index (κ3) is 4.22. The fourth-order valence-electron chi connectivity index (χ4n) is 1.93. The van der Waals surface area contributed by atoms with Gasteiger partial charge in [0.1, 0.15) is 0 Å². The van der Waals surface area contributed by atoms with Gasteiger partial charge in [0.25, 0.3) is 0 Å². The smallest absolute Gasteiger partial charge is 0.233 e. The standard InChI is InChI=1S/C15H22NO/c1-12(11-15(2,3)4)14(17)16(5)13-9-7-6-8-10-13/h6-10H,11H2,1-5H3. The first-order valence-corrected chi connectivity index (χ1v) is 5.97. The number of anilines is 1. The Kier molecular flexibility index (Phi) is 4.33. The first-order valence-electron chi connectivity index (χ1n) is 5.97. The zero-order chi connectivity index (χ0) is 13.1. The number of carbonyl (C=O) groups excluding carboxylic acids is 1. The molecule has 1 aromatic carbocycles. The molecule has 0 bridgehead atoms. The molecule has 0 aromatic heterocycles. The Hall–Kier alpha value is -1.31. The second-order valence-corrected chi connectivity index (χ2v) is 5.72. The van der Waals surface area contributed by atoms with E-state index in [1.54, 1.807) is 4.90 Å². The minimum Gasteiger partial charge on any atom is -0.315 e. The Bertz CT molecular complexity index is 364. The lowest BCUT2D eigenvalue weighted by molar-refractivity contribution is -0.117. The van der Waals surface area contributed by atoms with Gasteiger partial charge in [-0.1, -0.05) is 39.0 Å². The van der Waals surface area contributed by atoms with Gasteiger partial charge < -0.3 is 4.90 Å². The molecule has 1 amide bonds. The Labute approximate surface area is 105 Å². The van der Waals surface area contributed by atoms with Crippen molar-refractivity contribution < 1.29 is 4.79 Å². The van der Waals surface area contributed by atoms with Gasteiger partial charge >= 0.3 is 0 Å². The lowest BCUT2D eigenvalue weighted by Gasteiger charge is -2.26. The summed E-state index contributed by atoms with van der Waals surface area (Å²) in [6.07, 6.45) is 0.822. The second kappa shape index (κ2) is 5.35. The van der Waals surface area contributed by atoms with Crippen LogP contribution in [0.4, 0.5) is 5.69 Å². The van der Waals surface area contributed by atoms with Gasteiger partial charge in [-0.15, -0.1) is 0 Å². The number of rotatable bonds is 3. The number of para-hydroxylation sites is 1. The second-order valence-electron chi connectivity index (χ2n) is 5.72. The highest BCUT2D eigenvalue weighted by Gasteiger charge is 2.24. The maximum absolute atomic E-state index is 12.2. The third-order valence-electron chi connectivity index (χ3n) is 2.61. The van der Waals surface area contributed by atoms with Gasteiger partial charge in [-0.05, 0) is 30.9 Å². The predicted octanol–water partition coefficient (Wildman–Crippen LogP) is 3.68. The topological polar surface area (TPSA) is 20.3 Å². The van der Waals surface area contributed by atoms with Gasteiger partial charge in [-0.2, -0.15) is 0 Å². The number of benzene rings is 1. The zero-order valence-electron chi connectivity index (χ0n) is 11.4.